The second-order valence-corrected chi connectivity index (χ2v) is 8.31. The van der Waals surface area contributed by atoms with Gasteiger partial charge in [0.25, 0.3) is 0 Å². The van der Waals surface area contributed by atoms with E-state index in [1.807, 2.05) is 12.1 Å². The van der Waals surface area contributed by atoms with Gasteiger partial charge in [-0.05, 0) is 29.7 Å². The summed E-state index contributed by atoms with van der Waals surface area (Å²) in [6.45, 7) is 2.65. The minimum Gasteiger partial charge on any atom is -0.331 e. The Kier molecular flexibility index (Phi) is 5.76. The maximum atomic E-state index is 13.3. The van der Waals surface area contributed by atoms with Crippen molar-refractivity contribution in [2.24, 2.45) is 5.92 Å². The number of carbonyl (C=O) groups excluding carboxylic acids is 1. The van der Waals surface area contributed by atoms with Crippen LogP contribution < -0.4 is 10.6 Å². The van der Waals surface area contributed by atoms with Gasteiger partial charge in [-0.15, -0.1) is 11.8 Å². The van der Waals surface area contributed by atoms with E-state index in [2.05, 4.69) is 39.8 Å². The topological polar surface area (TPSA) is 44.4 Å². The molecule has 2 aromatic rings. The molecule has 0 radical (unpaired) electrons. The van der Waals surface area contributed by atoms with Crippen molar-refractivity contribution in [1.29, 1.82) is 0 Å². The number of hydrogen-bond donors (Lipinski definition) is 2. The number of hydrogen-bond acceptors (Lipinski definition) is 4. The first kappa shape index (κ1) is 18.5. The van der Waals surface area contributed by atoms with Crippen LogP contribution in [-0.4, -0.2) is 35.4 Å². The van der Waals surface area contributed by atoms with Crippen LogP contribution >= 0.6 is 11.8 Å². The van der Waals surface area contributed by atoms with Crippen LogP contribution in [0.25, 0.3) is 0 Å². The Labute approximate surface area is 163 Å². The molecule has 142 valence electrons. The Morgan fingerprint density at radius 3 is 2.74 bits per heavy atom. The van der Waals surface area contributed by atoms with E-state index in [0.717, 1.165) is 31.6 Å². The first-order valence-corrected chi connectivity index (χ1v) is 10.4. The Morgan fingerprint density at radius 1 is 1.11 bits per heavy atom. The number of likely N-dealkylation sites (tertiary alicyclic amines) is 1. The molecule has 2 heterocycles. The summed E-state index contributed by atoms with van der Waals surface area (Å²) in [5, 5.41) is 6.64. The van der Waals surface area contributed by atoms with Crippen molar-refractivity contribution in [3.05, 3.63) is 71.5 Å². The van der Waals surface area contributed by atoms with Gasteiger partial charge in [0.05, 0.1) is 5.92 Å². The maximum absolute atomic E-state index is 13.3. The predicted octanol–water partition coefficient (Wildman–Crippen LogP) is 2.95. The number of amides is 1. The number of carbonyl (C=O) groups is 1. The van der Waals surface area contributed by atoms with Gasteiger partial charge in [0.2, 0.25) is 5.91 Å². The quantitative estimate of drug-likeness (QED) is 0.831. The van der Waals surface area contributed by atoms with Gasteiger partial charge in [-0.2, -0.15) is 0 Å². The molecule has 0 bridgehead atoms. The van der Waals surface area contributed by atoms with Crippen LogP contribution in [0.3, 0.4) is 0 Å². The van der Waals surface area contributed by atoms with E-state index in [9.17, 15) is 9.18 Å². The smallest absolute Gasteiger partial charge is 0.227 e. The lowest BCUT2D eigenvalue weighted by Gasteiger charge is -2.43. The molecular weight excluding hydrogens is 361 g/mol. The number of nitrogens with one attached hydrogen (secondary N) is 2. The number of fused-ring (bicyclic) bond motifs is 1. The van der Waals surface area contributed by atoms with Crippen molar-refractivity contribution in [2.75, 3.05) is 13.1 Å². The molecule has 2 aliphatic rings. The lowest BCUT2D eigenvalue weighted by molar-refractivity contribution is -0.130. The average Bonchev–Trinajstić information content (AvgIpc) is 2.68. The largest absolute Gasteiger partial charge is 0.331 e. The molecule has 6 heteroatoms. The van der Waals surface area contributed by atoms with Gasteiger partial charge >= 0.3 is 0 Å². The van der Waals surface area contributed by atoms with Crippen molar-refractivity contribution in [1.82, 2.24) is 15.5 Å². The molecule has 2 saturated heterocycles. The van der Waals surface area contributed by atoms with Crippen LogP contribution in [0.1, 0.15) is 17.5 Å². The van der Waals surface area contributed by atoms with E-state index in [4.69, 9.17) is 0 Å². The van der Waals surface area contributed by atoms with Gasteiger partial charge in [-0.3, -0.25) is 15.0 Å². The molecule has 2 N–H and O–H groups in total. The Morgan fingerprint density at radius 2 is 1.93 bits per heavy atom. The van der Waals surface area contributed by atoms with Gasteiger partial charge in [0, 0.05) is 31.4 Å². The fourth-order valence-electron chi connectivity index (χ4n) is 3.84. The lowest BCUT2D eigenvalue weighted by Crippen LogP contribution is -2.64. The highest BCUT2D eigenvalue weighted by Gasteiger charge is 2.39. The monoisotopic (exact) mass is 385 g/mol. The Bertz CT molecular complexity index is 788. The fraction of sp³-hybridized carbons (Fsp3) is 0.381. The average molecular weight is 386 g/mol. The van der Waals surface area contributed by atoms with Crippen LogP contribution in [0.5, 0.6) is 0 Å². The predicted molar refractivity (Wildman–Crippen MR) is 106 cm³/mol. The van der Waals surface area contributed by atoms with Crippen LogP contribution in [0.2, 0.25) is 0 Å². The molecule has 2 aromatic carbocycles. The van der Waals surface area contributed by atoms with Gasteiger partial charge in [-0.1, -0.05) is 42.5 Å². The van der Waals surface area contributed by atoms with Gasteiger partial charge in [0.15, 0.2) is 0 Å². The molecule has 27 heavy (non-hydrogen) atoms. The molecule has 0 saturated carbocycles. The van der Waals surface area contributed by atoms with Crippen molar-refractivity contribution in [3.63, 3.8) is 0 Å². The van der Waals surface area contributed by atoms with Crippen molar-refractivity contribution >= 4 is 17.7 Å². The number of nitrogens with zero attached hydrogens (tertiary/aromatic N) is 1. The highest BCUT2D eigenvalue weighted by molar-refractivity contribution is 7.99. The summed E-state index contributed by atoms with van der Waals surface area (Å²) >= 11 is 1.60. The van der Waals surface area contributed by atoms with E-state index < -0.39 is 0 Å². The standard InChI is InChI=1S/C21H24FN3OS/c22-17-8-4-7-16(11-17)14-27-21-23-19-9-10-25(13-18(19)20(26)24-21)12-15-5-2-1-3-6-15/h1-8,11,18-19,21,23H,9-10,12-14H2,(H,24,26). The lowest BCUT2D eigenvalue weighted by atomic mass is 9.89. The van der Waals surface area contributed by atoms with E-state index >= 15 is 0 Å². The van der Waals surface area contributed by atoms with Crippen molar-refractivity contribution in [3.8, 4) is 0 Å². The molecule has 3 atom stereocenters. The summed E-state index contributed by atoms with van der Waals surface area (Å²) < 4.78 is 13.3. The summed E-state index contributed by atoms with van der Waals surface area (Å²) in [5.41, 5.74) is 2.09. The highest BCUT2D eigenvalue weighted by Crippen LogP contribution is 2.26. The molecule has 4 rings (SSSR count). The second-order valence-electron chi connectivity index (χ2n) is 7.22. The molecule has 4 nitrogen and oxygen atoms in total. The SMILES string of the molecule is O=C1NC(SCc2cccc(F)c2)NC2CCN(Cc3ccccc3)CC12. The number of rotatable bonds is 5. The van der Waals surface area contributed by atoms with Crippen molar-refractivity contribution < 1.29 is 9.18 Å². The summed E-state index contributed by atoms with van der Waals surface area (Å²) in [5.74, 6) is 0.536. The number of piperidine rings is 1. The Hall–Kier alpha value is -1.89. The van der Waals surface area contributed by atoms with Crippen LogP contribution in [-0.2, 0) is 17.1 Å². The fourth-order valence-corrected chi connectivity index (χ4v) is 4.85. The molecule has 0 spiro atoms. The molecule has 2 fully saturated rings. The van der Waals surface area contributed by atoms with Gasteiger partial charge < -0.3 is 5.32 Å². The third-order valence-electron chi connectivity index (χ3n) is 5.23. The maximum Gasteiger partial charge on any atom is 0.227 e. The zero-order valence-corrected chi connectivity index (χ0v) is 15.9. The molecule has 0 aliphatic carbocycles. The van der Waals surface area contributed by atoms with Crippen molar-refractivity contribution in [2.45, 2.75) is 30.3 Å². The number of halogens is 1. The third-order valence-corrected chi connectivity index (χ3v) is 6.31. The minimum atomic E-state index is -0.223. The first-order chi connectivity index (χ1) is 13.2. The molecule has 3 unspecified atom stereocenters. The van der Waals surface area contributed by atoms with E-state index in [1.165, 1.54) is 11.6 Å². The summed E-state index contributed by atoms with van der Waals surface area (Å²) in [7, 11) is 0. The number of benzene rings is 2. The van der Waals surface area contributed by atoms with Gasteiger partial charge in [0.1, 0.15) is 11.3 Å². The highest BCUT2D eigenvalue weighted by atomic mass is 32.2. The van der Waals surface area contributed by atoms with Crippen LogP contribution in [0, 0.1) is 11.7 Å². The molecule has 2 aliphatic heterocycles. The molecule has 1 amide bonds. The second kappa shape index (κ2) is 8.42. The summed E-state index contributed by atoms with van der Waals surface area (Å²) in [6, 6.07) is 17.2. The zero-order valence-electron chi connectivity index (χ0n) is 15.1. The van der Waals surface area contributed by atoms with E-state index in [1.54, 1.807) is 23.9 Å². The minimum absolute atomic E-state index is 0.0199. The van der Waals surface area contributed by atoms with E-state index in [0.29, 0.717) is 5.75 Å². The van der Waals surface area contributed by atoms with Crippen LogP contribution in [0.15, 0.2) is 54.6 Å². The third kappa shape index (κ3) is 4.69. The number of thioether (sulfide) groups is 1. The van der Waals surface area contributed by atoms with Crippen LogP contribution in [0.4, 0.5) is 4.39 Å². The van der Waals surface area contributed by atoms with Gasteiger partial charge in [-0.25, -0.2) is 4.39 Å². The first-order valence-electron chi connectivity index (χ1n) is 9.36. The zero-order chi connectivity index (χ0) is 18.6. The Balaban J connectivity index is 1.31. The summed E-state index contributed by atoms with van der Waals surface area (Å²) in [6.07, 6.45) is 0.960. The normalized spacial score (nSPS) is 25.7. The molecule has 0 aromatic heterocycles. The van der Waals surface area contributed by atoms with E-state index in [-0.39, 0.29) is 29.2 Å². The molecular formula is C21H24FN3OS. The summed E-state index contributed by atoms with van der Waals surface area (Å²) in [4.78, 5) is 15.0.